The van der Waals surface area contributed by atoms with E-state index in [2.05, 4.69) is 20.7 Å². The quantitative estimate of drug-likeness (QED) is 0.313. The van der Waals surface area contributed by atoms with Crippen LogP contribution < -0.4 is 16.2 Å². The van der Waals surface area contributed by atoms with Crippen molar-refractivity contribution in [2.24, 2.45) is 0 Å². The molecule has 1 aliphatic heterocycles. The van der Waals surface area contributed by atoms with Crippen molar-refractivity contribution in [2.45, 2.75) is 19.8 Å². The summed E-state index contributed by atoms with van der Waals surface area (Å²) in [5.74, 6) is -0.0437. The van der Waals surface area contributed by atoms with Crippen LogP contribution >= 0.6 is 11.3 Å². The molecule has 31 heavy (non-hydrogen) atoms. The van der Waals surface area contributed by atoms with E-state index < -0.39 is 0 Å². The van der Waals surface area contributed by atoms with Gasteiger partial charge in [0.2, 0.25) is 0 Å². The van der Waals surface area contributed by atoms with Gasteiger partial charge in [-0.25, -0.2) is 4.98 Å². The van der Waals surface area contributed by atoms with Gasteiger partial charge in [-0.2, -0.15) is 0 Å². The Bertz CT molecular complexity index is 1360. The number of anilines is 2. The van der Waals surface area contributed by atoms with E-state index in [9.17, 15) is 9.59 Å². The van der Waals surface area contributed by atoms with Crippen LogP contribution in [-0.4, -0.2) is 27.2 Å². The minimum atomic E-state index is -0.108. The van der Waals surface area contributed by atoms with Crippen molar-refractivity contribution in [3.8, 4) is 5.69 Å². The molecule has 3 N–H and O–H groups in total. The number of rotatable bonds is 6. The van der Waals surface area contributed by atoms with Gasteiger partial charge in [0, 0.05) is 35.1 Å². The fourth-order valence-corrected chi connectivity index (χ4v) is 4.71. The maximum atomic E-state index is 12.4. The van der Waals surface area contributed by atoms with Crippen LogP contribution in [0.2, 0.25) is 0 Å². The van der Waals surface area contributed by atoms with Crippen molar-refractivity contribution in [1.29, 1.82) is 0 Å². The number of nitrogens with zero attached hydrogens (tertiary/aromatic N) is 2. The molecule has 0 bridgehead atoms. The Morgan fingerprint density at radius 3 is 2.77 bits per heavy atom. The van der Waals surface area contributed by atoms with Crippen molar-refractivity contribution in [1.82, 2.24) is 14.8 Å². The predicted octanol–water partition coefficient (Wildman–Crippen LogP) is 4.31. The highest BCUT2D eigenvalue weighted by Gasteiger charge is 2.26. The first-order chi connectivity index (χ1) is 15.1. The highest BCUT2D eigenvalue weighted by Crippen LogP contribution is 2.39. The molecule has 2 aromatic carbocycles. The lowest BCUT2D eigenvalue weighted by Gasteiger charge is -2.09. The maximum Gasteiger partial charge on any atom is 0.264 e. The zero-order valence-corrected chi connectivity index (χ0v) is 17.8. The van der Waals surface area contributed by atoms with Crippen molar-refractivity contribution in [3.05, 3.63) is 75.7 Å². The van der Waals surface area contributed by atoms with Gasteiger partial charge in [-0.15, -0.1) is 11.3 Å². The zero-order chi connectivity index (χ0) is 21.4. The maximum absolute atomic E-state index is 12.4. The fourth-order valence-electron chi connectivity index (χ4n) is 3.86. The molecule has 1 amide bonds. The lowest BCUT2D eigenvalue weighted by Crippen LogP contribution is -2.05. The molecule has 0 aliphatic carbocycles. The molecule has 0 fully saturated rings. The van der Waals surface area contributed by atoms with Gasteiger partial charge in [0.05, 0.1) is 27.1 Å². The lowest BCUT2D eigenvalue weighted by atomic mass is 10.0. The Morgan fingerprint density at radius 2 is 2.00 bits per heavy atom. The third kappa shape index (κ3) is 3.66. The normalized spacial score (nSPS) is 14.2. The summed E-state index contributed by atoms with van der Waals surface area (Å²) >= 11 is 1.56. The first-order valence-corrected chi connectivity index (χ1v) is 11.0. The summed E-state index contributed by atoms with van der Waals surface area (Å²) in [6.07, 6.45) is 3.72. The number of benzene rings is 2. The largest absolute Gasteiger partial charge is 0.385 e. The van der Waals surface area contributed by atoms with E-state index in [-0.39, 0.29) is 11.5 Å². The number of thiazole rings is 1. The molecule has 0 spiro atoms. The van der Waals surface area contributed by atoms with Crippen LogP contribution in [0.5, 0.6) is 0 Å². The molecule has 5 rings (SSSR count). The number of unbranched alkanes of at least 4 members (excludes halogenated alkanes) is 1. The van der Waals surface area contributed by atoms with Crippen molar-refractivity contribution >= 4 is 44.4 Å². The standard InChI is InChI=1S/C23H21N5O2S/c1-14-12-20(29)27-28(14)16-7-5-15(6-8-16)24-11-3-2-4-17-21-18(26-23(17)30)9-10-19-22(21)31-13-25-19/h4-10,12-13,24H,2-3,11H2,1H3,(H,26,30)(H,27,29)/b17-4-. The Kier molecular flexibility index (Phi) is 4.91. The van der Waals surface area contributed by atoms with Gasteiger partial charge in [0.25, 0.3) is 11.5 Å². The summed E-state index contributed by atoms with van der Waals surface area (Å²) in [7, 11) is 0. The lowest BCUT2D eigenvalue weighted by molar-refractivity contribution is -0.110. The van der Waals surface area contributed by atoms with Gasteiger partial charge in [0.15, 0.2) is 0 Å². The second-order valence-electron chi connectivity index (χ2n) is 7.47. The number of hydrogen-bond donors (Lipinski definition) is 3. The van der Waals surface area contributed by atoms with Crippen LogP contribution in [0.25, 0.3) is 21.5 Å². The van der Waals surface area contributed by atoms with Crippen LogP contribution in [0.4, 0.5) is 11.4 Å². The average molecular weight is 432 g/mol. The molecule has 156 valence electrons. The zero-order valence-electron chi connectivity index (χ0n) is 16.9. The second-order valence-corrected chi connectivity index (χ2v) is 8.33. The summed E-state index contributed by atoms with van der Waals surface area (Å²) in [5, 5.41) is 9.14. The minimum absolute atomic E-state index is 0.0437. The second kappa shape index (κ2) is 7.88. The number of aromatic nitrogens is 3. The van der Waals surface area contributed by atoms with Crippen LogP contribution in [0.1, 0.15) is 24.1 Å². The molecule has 1 aliphatic rings. The number of allylic oxidation sites excluding steroid dienone is 1. The third-order valence-corrected chi connectivity index (χ3v) is 6.22. The van der Waals surface area contributed by atoms with E-state index in [0.717, 1.165) is 63.5 Å². The molecule has 0 radical (unpaired) electrons. The molecule has 0 atom stereocenters. The summed E-state index contributed by atoms with van der Waals surface area (Å²) in [4.78, 5) is 28.2. The number of hydrogen-bond acceptors (Lipinski definition) is 5. The molecule has 0 unspecified atom stereocenters. The van der Waals surface area contributed by atoms with Crippen molar-refractivity contribution in [3.63, 3.8) is 0 Å². The summed E-state index contributed by atoms with van der Waals surface area (Å²) in [5.41, 5.74) is 8.01. The van der Waals surface area contributed by atoms with Gasteiger partial charge >= 0.3 is 0 Å². The SMILES string of the molecule is Cc1cc(=O)[nH]n1-c1ccc(NCCC/C=C2\C(=O)Nc3ccc4ncsc4c32)cc1. The Morgan fingerprint density at radius 1 is 1.16 bits per heavy atom. The van der Waals surface area contributed by atoms with Gasteiger partial charge in [-0.05, 0) is 56.2 Å². The number of aryl methyl sites for hydroxylation is 1. The molecule has 4 aromatic rings. The van der Waals surface area contributed by atoms with Gasteiger partial charge < -0.3 is 10.6 Å². The van der Waals surface area contributed by atoms with Crippen LogP contribution in [0.15, 0.2) is 58.8 Å². The number of aromatic amines is 1. The van der Waals surface area contributed by atoms with Gasteiger partial charge in [-0.1, -0.05) is 6.08 Å². The molecule has 3 heterocycles. The first kappa shape index (κ1) is 19.3. The number of fused-ring (bicyclic) bond motifs is 3. The summed E-state index contributed by atoms with van der Waals surface area (Å²) in [6, 6.07) is 13.4. The highest BCUT2D eigenvalue weighted by molar-refractivity contribution is 7.17. The van der Waals surface area contributed by atoms with E-state index in [1.54, 1.807) is 22.1 Å². The Balaban J connectivity index is 1.20. The number of H-pyrrole nitrogens is 1. The number of carbonyl (C=O) groups excluding carboxylic acids is 1. The van der Waals surface area contributed by atoms with Crippen molar-refractivity contribution in [2.75, 3.05) is 17.2 Å². The summed E-state index contributed by atoms with van der Waals surface area (Å²) in [6.45, 7) is 2.68. The number of nitrogens with one attached hydrogen (secondary N) is 3. The third-order valence-electron chi connectivity index (χ3n) is 5.36. The van der Waals surface area contributed by atoms with Crippen LogP contribution in [0, 0.1) is 6.92 Å². The number of amides is 1. The minimum Gasteiger partial charge on any atom is -0.385 e. The topological polar surface area (TPSA) is 91.8 Å². The average Bonchev–Trinajstić information content (AvgIpc) is 3.45. The van der Waals surface area contributed by atoms with Crippen LogP contribution in [-0.2, 0) is 4.79 Å². The predicted molar refractivity (Wildman–Crippen MR) is 125 cm³/mol. The molecule has 0 saturated heterocycles. The Hall–Kier alpha value is -3.65. The Labute approximate surface area is 182 Å². The van der Waals surface area contributed by atoms with Crippen molar-refractivity contribution < 1.29 is 4.79 Å². The van der Waals surface area contributed by atoms with Crippen LogP contribution in [0.3, 0.4) is 0 Å². The summed E-state index contributed by atoms with van der Waals surface area (Å²) < 4.78 is 2.82. The molecular weight excluding hydrogens is 410 g/mol. The fraction of sp³-hybridized carbons (Fsp3) is 0.174. The molecule has 0 saturated carbocycles. The van der Waals surface area contributed by atoms with E-state index in [1.807, 2.05) is 54.9 Å². The highest BCUT2D eigenvalue weighted by atomic mass is 32.1. The van der Waals surface area contributed by atoms with E-state index in [1.165, 1.54) is 0 Å². The van der Waals surface area contributed by atoms with Gasteiger partial charge in [0.1, 0.15) is 0 Å². The smallest absolute Gasteiger partial charge is 0.264 e. The molecule has 2 aromatic heterocycles. The van der Waals surface area contributed by atoms with E-state index >= 15 is 0 Å². The molecule has 7 nitrogen and oxygen atoms in total. The van der Waals surface area contributed by atoms with E-state index in [0.29, 0.717) is 0 Å². The van der Waals surface area contributed by atoms with E-state index in [4.69, 9.17) is 0 Å². The first-order valence-electron chi connectivity index (χ1n) is 10.1. The number of carbonyl (C=O) groups is 1. The molecule has 8 heteroatoms. The van der Waals surface area contributed by atoms with Gasteiger partial charge in [-0.3, -0.25) is 19.4 Å². The molecular formula is C23H21N5O2S. The monoisotopic (exact) mass is 431 g/mol.